The van der Waals surface area contributed by atoms with Crippen LogP contribution in [0, 0.1) is 17.1 Å². The predicted octanol–water partition coefficient (Wildman–Crippen LogP) is 2.81. The number of piperazine rings is 1. The highest BCUT2D eigenvalue weighted by Crippen LogP contribution is 2.13. The topological polar surface area (TPSA) is 71.7 Å². The first-order valence-corrected chi connectivity index (χ1v) is 10.0. The summed E-state index contributed by atoms with van der Waals surface area (Å²) in [6.45, 7) is 2.71. The van der Waals surface area contributed by atoms with Crippen LogP contribution in [0.3, 0.4) is 0 Å². The first-order valence-electron chi connectivity index (χ1n) is 9.66. The summed E-state index contributed by atoms with van der Waals surface area (Å²) in [5.74, 6) is 0.300. The van der Waals surface area contributed by atoms with Gasteiger partial charge in [0.05, 0.1) is 18.1 Å². The van der Waals surface area contributed by atoms with Gasteiger partial charge in [0.1, 0.15) is 5.82 Å². The molecule has 1 aliphatic heterocycles. The molecule has 1 N–H and O–H groups in total. The number of hydrogen-bond donors (Lipinski definition) is 1. The number of rotatable bonds is 4. The fourth-order valence-electron chi connectivity index (χ4n) is 3.37. The summed E-state index contributed by atoms with van der Waals surface area (Å²) in [6.07, 6.45) is 0.325. The third kappa shape index (κ3) is 5.49. The lowest BCUT2D eigenvalue weighted by molar-refractivity contribution is -0.131. The minimum Gasteiger partial charge on any atom is -0.352 e. The first kappa shape index (κ1) is 21.6. The summed E-state index contributed by atoms with van der Waals surface area (Å²) < 4.78 is 14.1. The van der Waals surface area contributed by atoms with Crippen LogP contribution in [0.25, 0.3) is 0 Å². The lowest BCUT2D eigenvalue weighted by Crippen LogP contribution is -2.53. The summed E-state index contributed by atoms with van der Waals surface area (Å²) in [7, 11) is 1.67. The molecule has 1 aliphatic rings. The lowest BCUT2D eigenvalue weighted by Gasteiger charge is -2.36. The SMILES string of the molecule is CN=C(NCc1ccc(C#N)cc1F)N1CCN(C(=O)Cc2cccc(Cl)c2)CC1. The van der Waals surface area contributed by atoms with E-state index >= 15 is 0 Å². The van der Waals surface area contributed by atoms with Crippen molar-refractivity contribution in [3.8, 4) is 6.07 Å². The molecule has 0 spiro atoms. The first-order chi connectivity index (χ1) is 14.5. The van der Waals surface area contributed by atoms with Gasteiger partial charge in [-0.05, 0) is 29.8 Å². The highest BCUT2D eigenvalue weighted by Gasteiger charge is 2.23. The molecular formula is C22H23ClFN5O. The molecule has 0 saturated carbocycles. The van der Waals surface area contributed by atoms with Gasteiger partial charge in [0.2, 0.25) is 5.91 Å². The Labute approximate surface area is 180 Å². The van der Waals surface area contributed by atoms with Crippen molar-refractivity contribution in [2.75, 3.05) is 33.2 Å². The van der Waals surface area contributed by atoms with E-state index in [-0.39, 0.29) is 12.5 Å². The molecule has 3 rings (SSSR count). The summed E-state index contributed by atoms with van der Waals surface area (Å²) in [6, 6.07) is 13.7. The van der Waals surface area contributed by atoms with E-state index in [2.05, 4.69) is 10.3 Å². The molecule has 0 aliphatic carbocycles. The zero-order valence-corrected chi connectivity index (χ0v) is 17.5. The molecule has 1 amide bonds. The second kappa shape index (κ2) is 10.1. The van der Waals surface area contributed by atoms with Crippen LogP contribution in [0.1, 0.15) is 16.7 Å². The van der Waals surface area contributed by atoms with Gasteiger partial charge >= 0.3 is 0 Å². The third-order valence-electron chi connectivity index (χ3n) is 5.01. The average molecular weight is 428 g/mol. The average Bonchev–Trinajstić information content (AvgIpc) is 2.75. The van der Waals surface area contributed by atoms with Crippen LogP contribution in [-0.2, 0) is 17.8 Å². The van der Waals surface area contributed by atoms with E-state index in [1.165, 1.54) is 6.07 Å². The monoisotopic (exact) mass is 427 g/mol. The Morgan fingerprint density at radius 1 is 1.20 bits per heavy atom. The number of nitriles is 1. The standard InChI is InChI=1S/C22H23ClFN5O/c1-26-22(27-15-18-6-5-17(14-25)12-20(18)24)29-9-7-28(8-10-29)21(30)13-16-3-2-4-19(23)11-16/h2-6,11-12H,7-10,13,15H2,1H3,(H,26,27). The van der Waals surface area contributed by atoms with Crippen LogP contribution < -0.4 is 5.32 Å². The maximum Gasteiger partial charge on any atom is 0.227 e. The molecule has 6 nitrogen and oxygen atoms in total. The van der Waals surface area contributed by atoms with E-state index in [1.54, 1.807) is 25.2 Å². The van der Waals surface area contributed by atoms with E-state index in [4.69, 9.17) is 16.9 Å². The smallest absolute Gasteiger partial charge is 0.227 e. The Morgan fingerprint density at radius 2 is 1.93 bits per heavy atom. The summed E-state index contributed by atoms with van der Waals surface area (Å²) in [4.78, 5) is 20.7. The van der Waals surface area contributed by atoms with Crippen molar-refractivity contribution in [1.82, 2.24) is 15.1 Å². The fraction of sp³-hybridized carbons (Fsp3) is 0.318. The number of carbonyl (C=O) groups excluding carboxylic acids is 1. The van der Waals surface area contributed by atoms with Gasteiger partial charge in [0.15, 0.2) is 5.96 Å². The van der Waals surface area contributed by atoms with Crippen molar-refractivity contribution >= 4 is 23.5 Å². The molecule has 0 unspecified atom stereocenters. The Kier molecular flexibility index (Phi) is 7.26. The number of nitrogens with one attached hydrogen (secondary N) is 1. The number of guanidine groups is 1. The molecule has 0 radical (unpaired) electrons. The molecule has 1 heterocycles. The normalized spacial score (nSPS) is 14.4. The minimum absolute atomic E-state index is 0.0690. The minimum atomic E-state index is -0.423. The quantitative estimate of drug-likeness (QED) is 0.601. The Morgan fingerprint density at radius 3 is 2.57 bits per heavy atom. The van der Waals surface area contributed by atoms with Gasteiger partial charge in [-0.25, -0.2) is 4.39 Å². The second-order valence-electron chi connectivity index (χ2n) is 6.99. The number of hydrogen-bond acceptors (Lipinski definition) is 3. The molecule has 30 heavy (non-hydrogen) atoms. The fourth-order valence-corrected chi connectivity index (χ4v) is 3.58. The number of aliphatic imine (C=N–C) groups is 1. The molecule has 0 atom stereocenters. The van der Waals surface area contributed by atoms with E-state index in [0.29, 0.717) is 54.7 Å². The van der Waals surface area contributed by atoms with Crippen molar-refractivity contribution in [2.45, 2.75) is 13.0 Å². The molecule has 1 saturated heterocycles. The van der Waals surface area contributed by atoms with Crippen molar-refractivity contribution in [1.29, 1.82) is 5.26 Å². The van der Waals surface area contributed by atoms with Gasteiger partial charge < -0.3 is 15.1 Å². The number of nitrogens with zero attached hydrogens (tertiary/aromatic N) is 4. The number of halogens is 2. The van der Waals surface area contributed by atoms with Crippen LogP contribution in [0.15, 0.2) is 47.5 Å². The zero-order chi connectivity index (χ0) is 21.5. The lowest BCUT2D eigenvalue weighted by atomic mass is 10.1. The van der Waals surface area contributed by atoms with E-state index in [0.717, 1.165) is 5.56 Å². The van der Waals surface area contributed by atoms with Gasteiger partial charge in [-0.1, -0.05) is 29.8 Å². The van der Waals surface area contributed by atoms with Crippen LogP contribution in [0.5, 0.6) is 0 Å². The second-order valence-corrected chi connectivity index (χ2v) is 7.43. The van der Waals surface area contributed by atoms with E-state index < -0.39 is 5.82 Å². The van der Waals surface area contributed by atoms with Crippen LogP contribution >= 0.6 is 11.6 Å². The van der Waals surface area contributed by atoms with Crippen LogP contribution in [0.2, 0.25) is 5.02 Å². The summed E-state index contributed by atoms with van der Waals surface area (Å²) in [5, 5.41) is 12.6. The molecule has 2 aromatic carbocycles. The Balaban J connectivity index is 1.51. The van der Waals surface area contributed by atoms with E-state index in [1.807, 2.05) is 34.1 Å². The highest BCUT2D eigenvalue weighted by molar-refractivity contribution is 6.30. The third-order valence-corrected chi connectivity index (χ3v) is 5.24. The zero-order valence-electron chi connectivity index (χ0n) is 16.7. The van der Waals surface area contributed by atoms with Crippen LogP contribution in [-0.4, -0.2) is 54.9 Å². The summed E-state index contributed by atoms with van der Waals surface area (Å²) in [5.41, 5.74) is 1.65. The van der Waals surface area contributed by atoms with Crippen molar-refractivity contribution in [2.24, 2.45) is 4.99 Å². The molecular weight excluding hydrogens is 405 g/mol. The molecule has 156 valence electrons. The molecule has 0 bridgehead atoms. The molecule has 0 aromatic heterocycles. The van der Waals surface area contributed by atoms with Gasteiger partial charge in [-0.15, -0.1) is 0 Å². The largest absolute Gasteiger partial charge is 0.352 e. The van der Waals surface area contributed by atoms with Gasteiger partial charge in [0, 0.05) is 50.4 Å². The Bertz CT molecular complexity index is 980. The molecule has 2 aromatic rings. The number of benzene rings is 2. The predicted molar refractivity (Wildman–Crippen MR) is 115 cm³/mol. The maximum absolute atomic E-state index is 14.1. The number of amides is 1. The van der Waals surface area contributed by atoms with Crippen molar-refractivity contribution < 1.29 is 9.18 Å². The maximum atomic E-state index is 14.1. The van der Waals surface area contributed by atoms with Gasteiger partial charge in [-0.2, -0.15) is 5.26 Å². The van der Waals surface area contributed by atoms with E-state index in [9.17, 15) is 9.18 Å². The van der Waals surface area contributed by atoms with Crippen molar-refractivity contribution in [3.63, 3.8) is 0 Å². The number of carbonyl (C=O) groups is 1. The van der Waals surface area contributed by atoms with Crippen LogP contribution in [0.4, 0.5) is 4.39 Å². The van der Waals surface area contributed by atoms with Crippen molar-refractivity contribution in [3.05, 3.63) is 70.0 Å². The molecule has 1 fully saturated rings. The van der Waals surface area contributed by atoms with Gasteiger partial charge in [-0.3, -0.25) is 9.79 Å². The van der Waals surface area contributed by atoms with Gasteiger partial charge in [0.25, 0.3) is 0 Å². The summed E-state index contributed by atoms with van der Waals surface area (Å²) >= 11 is 5.99. The Hall–Kier alpha value is -3.11. The highest BCUT2D eigenvalue weighted by atomic mass is 35.5. The molecule has 8 heteroatoms.